The lowest BCUT2D eigenvalue weighted by Crippen LogP contribution is -2.34. The number of alkyl halides is 3. The fourth-order valence-electron chi connectivity index (χ4n) is 5.41. The van der Waals surface area contributed by atoms with Gasteiger partial charge in [0.15, 0.2) is 0 Å². The molecule has 1 aliphatic carbocycles. The van der Waals surface area contributed by atoms with Crippen molar-refractivity contribution in [1.29, 1.82) is 0 Å². The molecular weight excluding hydrogens is 527 g/mol. The Morgan fingerprint density at radius 2 is 2.10 bits per heavy atom. The summed E-state index contributed by atoms with van der Waals surface area (Å²) in [7, 11) is 0. The summed E-state index contributed by atoms with van der Waals surface area (Å²) in [5.74, 6) is -0.476. The molecule has 0 radical (unpaired) electrons. The van der Waals surface area contributed by atoms with Crippen molar-refractivity contribution < 1.29 is 22.7 Å². The zero-order chi connectivity index (χ0) is 27.7. The number of hydrogen-bond acceptors (Lipinski definition) is 7. The Balaban J connectivity index is 0.000000188. The van der Waals surface area contributed by atoms with E-state index in [1.165, 1.54) is 69.3 Å². The quantitative estimate of drug-likeness (QED) is 0.552. The Labute approximate surface area is 232 Å². The molecule has 4 heterocycles. The summed E-state index contributed by atoms with van der Waals surface area (Å²) in [4.78, 5) is 21.4. The smallest absolute Gasteiger partial charge is 0.381 e. The van der Waals surface area contributed by atoms with Crippen molar-refractivity contribution in [2.45, 2.75) is 67.7 Å². The van der Waals surface area contributed by atoms with E-state index in [1.807, 2.05) is 6.20 Å². The number of primary amides is 1. The number of carbonyl (C=O) groups excluding carboxylic acids is 1. The molecule has 0 spiro atoms. The van der Waals surface area contributed by atoms with Crippen molar-refractivity contribution in [3.05, 3.63) is 53.4 Å². The molecule has 0 aromatic carbocycles. The molecule has 3 atom stereocenters. The number of aryl methyl sites for hydroxylation is 1. The van der Waals surface area contributed by atoms with Crippen molar-refractivity contribution in [3.63, 3.8) is 0 Å². The average Bonchev–Trinajstić information content (AvgIpc) is 3.46. The number of thioether (sulfide) groups is 1. The van der Waals surface area contributed by atoms with Gasteiger partial charge in [-0.3, -0.25) is 19.7 Å². The van der Waals surface area contributed by atoms with Gasteiger partial charge in [-0.2, -0.15) is 13.2 Å². The van der Waals surface area contributed by atoms with Crippen molar-refractivity contribution in [3.8, 4) is 0 Å². The van der Waals surface area contributed by atoms with Crippen LogP contribution >= 0.6 is 11.8 Å². The van der Waals surface area contributed by atoms with Gasteiger partial charge in [0.1, 0.15) is 5.84 Å². The number of carbonyl (C=O) groups is 1. The molecule has 0 bridgehead atoms. The highest BCUT2D eigenvalue weighted by atomic mass is 32.2. The highest BCUT2D eigenvalue weighted by molar-refractivity contribution is 8.00. The van der Waals surface area contributed by atoms with Gasteiger partial charge >= 0.3 is 6.18 Å². The molecule has 3 N–H and O–H groups in total. The monoisotopic (exact) mass is 565 g/mol. The summed E-state index contributed by atoms with van der Waals surface area (Å²) in [6.45, 7) is 4.28. The van der Waals surface area contributed by atoms with E-state index >= 15 is 0 Å². The Morgan fingerprint density at radius 1 is 1.23 bits per heavy atom. The largest absolute Gasteiger partial charge is 0.414 e. The number of amidine groups is 1. The summed E-state index contributed by atoms with van der Waals surface area (Å²) in [6, 6.07) is 3.02. The standard InChI is InChI=1S/C18H26N2OS.C10H12F3N3O/c1-2-15(7-11-21-10-1)20-9-6-16(13-20)22-18-4-3-14-12-19-8-5-17(14)18;11-10(12,13)7-3-1-2-4-15-9(16-6-7)5-8(14)17/h5,8,12,15-16,18H,1-4,6-7,9-11,13H2;1-3H,4-6H2,(H2,14,17)(H,15,16)/b;2-1-,7-3+. The number of nitrogens with one attached hydrogen (secondary N) is 1. The van der Waals surface area contributed by atoms with Gasteiger partial charge in [-0.05, 0) is 62.3 Å². The SMILES string of the molecule is NC(=O)CC1=NC/C(C(F)(F)F)=C\C=C/CN1.c1cc2c(cn1)CCC2SC1CCN(C2CCCOCC2)C1. The topological polar surface area (TPSA) is 92.8 Å². The lowest BCUT2D eigenvalue weighted by Gasteiger charge is -2.26. The predicted octanol–water partition coefficient (Wildman–Crippen LogP) is 4.35. The second-order valence-electron chi connectivity index (χ2n) is 10.2. The lowest BCUT2D eigenvalue weighted by atomic mass is 10.1. The number of nitrogens with zero attached hydrogens (tertiary/aromatic N) is 3. The number of rotatable bonds is 5. The lowest BCUT2D eigenvalue weighted by molar-refractivity contribution is -0.116. The van der Waals surface area contributed by atoms with Crippen molar-refractivity contribution in [2.24, 2.45) is 10.7 Å². The minimum Gasteiger partial charge on any atom is -0.381 e. The maximum Gasteiger partial charge on any atom is 0.414 e. The van der Waals surface area contributed by atoms with E-state index < -0.39 is 24.2 Å². The molecule has 2 saturated heterocycles. The van der Waals surface area contributed by atoms with Crippen LogP contribution in [0.4, 0.5) is 13.2 Å². The first-order chi connectivity index (χ1) is 18.8. The second-order valence-corrected chi connectivity index (χ2v) is 11.8. The summed E-state index contributed by atoms with van der Waals surface area (Å²) < 4.78 is 43.1. The zero-order valence-electron chi connectivity index (χ0n) is 22.2. The fraction of sp³-hybridized carbons (Fsp3) is 0.607. The molecule has 11 heteroatoms. The Bertz CT molecular complexity index is 1050. The third kappa shape index (κ3) is 9.08. The summed E-state index contributed by atoms with van der Waals surface area (Å²) in [5, 5.41) is 4.25. The maximum atomic E-state index is 12.5. The van der Waals surface area contributed by atoms with Crippen LogP contribution in [-0.2, 0) is 16.0 Å². The van der Waals surface area contributed by atoms with Gasteiger partial charge < -0.3 is 15.8 Å². The van der Waals surface area contributed by atoms with E-state index in [1.54, 1.807) is 5.56 Å². The molecule has 39 heavy (non-hydrogen) atoms. The van der Waals surface area contributed by atoms with Crippen LogP contribution in [-0.4, -0.2) is 78.5 Å². The van der Waals surface area contributed by atoms with E-state index in [0.29, 0.717) is 11.8 Å². The van der Waals surface area contributed by atoms with Crippen LogP contribution in [0.15, 0.2) is 47.3 Å². The predicted molar refractivity (Wildman–Crippen MR) is 149 cm³/mol. The highest BCUT2D eigenvalue weighted by Gasteiger charge is 2.34. The normalized spacial score (nSPS) is 28.1. The number of halogens is 3. The molecule has 3 unspecified atom stereocenters. The first kappa shape index (κ1) is 29.6. The Hall–Kier alpha value is -2.37. The first-order valence-corrected chi connectivity index (χ1v) is 14.6. The minimum absolute atomic E-state index is 0.166. The molecule has 2 fully saturated rings. The van der Waals surface area contributed by atoms with E-state index in [0.717, 1.165) is 30.6 Å². The molecule has 1 aromatic rings. The van der Waals surface area contributed by atoms with E-state index in [-0.39, 0.29) is 12.3 Å². The number of hydrogen-bond donors (Lipinski definition) is 2. The van der Waals surface area contributed by atoms with E-state index in [9.17, 15) is 18.0 Å². The van der Waals surface area contributed by atoms with Crippen LogP contribution < -0.4 is 11.1 Å². The van der Waals surface area contributed by atoms with Crippen LogP contribution in [0, 0.1) is 0 Å². The molecule has 1 aromatic heterocycles. The fourth-order valence-corrected chi connectivity index (χ4v) is 7.03. The van der Waals surface area contributed by atoms with Crippen molar-refractivity contribution in [1.82, 2.24) is 15.2 Å². The number of allylic oxidation sites excluding steroid dienone is 2. The molecule has 7 nitrogen and oxygen atoms in total. The highest BCUT2D eigenvalue weighted by Crippen LogP contribution is 2.44. The van der Waals surface area contributed by atoms with E-state index in [4.69, 9.17) is 10.5 Å². The zero-order valence-corrected chi connectivity index (χ0v) is 23.0. The summed E-state index contributed by atoms with van der Waals surface area (Å²) >= 11 is 2.23. The molecule has 1 amide bonds. The Morgan fingerprint density at radius 3 is 2.92 bits per heavy atom. The second kappa shape index (κ2) is 14.3. The number of amides is 1. The van der Waals surface area contributed by atoms with Gasteiger partial charge in [0.25, 0.3) is 0 Å². The van der Waals surface area contributed by atoms with Crippen molar-refractivity contribution in [2.75, 3.05) is 39.4 Å². The van der Waals surface area contributed by atoms with Gasteiger partial charge in [0.2, 0.25) is 5.91 Å². The number of fused-ring (bicyclic) bond motifs is 1. The van der Waals surface area contributed by atoms with Crippen LogP contribution in [0.5, 0.6) is 0 Å². The molecular formula is C28H38F3N5O2S. The van der Waals surface area contributed by atoms with Gasteiger partial charge in [0, 0.05) is 55.2 Å². The molecule has 4 aliphatic rings. The third-order valence-corrected chi connectivity index (χ3v) is 9.03. The van der Waals surface area contributed by atoms with Crippen molar-refractivity contribution >= 4 is 23.5 Å². The average molecular weight is 566 g/mol. The molecule has 214 valence electrons. The van der Waals surface area contributed by atoms with Gasteiger partial charge in [-0.25, -0.2) is 0 Å². The number of ether oxygens (including phenoxy) is 1. The Kier molecular flexibility index (Phi) is 10.9. The van der Waals surface area contributed by atoms with Gasteiger partial charge in [0.05, 0.1) is 18.5 Å². The van der Waals surface area contributed by atoms with Crippen LogP contribution in [0.3, 0.4) is 0 Å². The molecule has 5 rings (SSSR count). The summed E-state index contributed by atoms with van der Waals surface area (Å²) in [5.41, 5.74) is 7.23. The number of aliphatic imine (C=N–C) groups is 1. The van der Waals surface area contributed by atoms with Crippen LogP contribution in [0.2, 0.25) is 0 Å². The van der Waals surface area contributed by atoms with Gasteiger partial charge in [-0.15, -0.1) is 11.8 Å². The van der Waals surface area contributed by atoms with Crippen LogP contribution in [0.1, 0.15) is 54.9 Å². The van der Waals surface area contributed by atoms with Gasteiger partial charge in [-0.1, -0.05) is 18.2 Å². The summed E-state index contributed by atoms with van der Waals surface area (Å²) in [6.07, 6.45) is 10.9. The van der Waals surface area contributed by atoms with E-state index in [2.05, 4.69) is 44.2 Å². The number of pyridine rings is 1. The number of nitrogens with two attached hydrogens (primary N) is 1. The molecule has 3 aliphatic heterocycles. The minimum atomic E-state index is -4.42. The maximum absolute atomic E-state index is 12.5. The molecule has 0 saturated carbocycles. The first-order valence-electron chi connectivity index (χ1n) is 13.7. The van der Waals surface area contributed by atoms with Crippen LogP contribution in [0.25, 0.3) is 0 Å². The number of aromatic nitrogens is 1. The number of likely N-dealkylation sites (tertiary alicyclic amines) is 1. The third-order valence-electron chi connectivity index (χ3n) is 7.44.